The first-order valence-electron chi connectivity index (χ1n) is 7.30. The third-order valence-corrected chi connectivity index (χ3v) is 3.32. The van der Waals surface area contributed by atoms with E-state index in [2.05, 4.69) is 13.0 Å². The Labute approximate surface area is 126 Å². The van der Waals surface area contributed by atoms with Gasteiger partial charge in [-0.1, -0.05) is 73.7 Å². The summed E-state index contributed by atoms with van der Waals surface area (Å²) in [5, 5.41) is 0. The summed E-state index contributed by atoms with van der Waals surface area (Å²) >= 11 is 0. The molecule has 0 unspecified atom stereocenters. The lowest BCUT2D eigenvalue weighted by Crippen LogP contribution is -2.26. The maximum Gasteiger partial charge on any atom is 0.224 e. The van der Waals surface area contributed by atoms with Gasteiger partial charge in [0.1, 0.15) is 0 Å². The quantitative estimate of drug-likeness (QED) is 0.790. The van der Waals surface area contributed by atoms with Crippen LogP contribution < -0.4 is 0 Å². The van der Waals surface area contributed by atoms with Crippen molar-refractivity contribution in [1.29, 1.82) is 0 Å². The first-order valence-corrected chi connectivity index (χ1v) is 7.30. The minimum atomic E-state index is 0.0578. The van der Waals surface area contributed by atoms with Gasteiger partial charge in [0, 0.05) is 12.6 Å². The Morgan fingerprint density at radius 3 is 2.10 bits per heavy atom. The van der Waals surface area contributed by atoms with E-state index in [9.17, 15) is 4.79 Å². The van der Waals surface area contributed by atoms with Crippen LogP contribution in [0.25, 0.3) is 5.70 Å². The Balaban J connectivity index is 2.34. The summed E-state index contributed by atoms with van der Waals surface area (Å²) in [6.45, 7) is 4.30. The van der Waals surface area contributed by atoms with Crippen LogP contribution in [0.1, 0.15) is 31.4 Å². The SMILES string of the molecule is CC/C=C(\c1ccccc1)N(Cc1ccccc1)C(C)=O. The molecule has 0 N–H and O–H groups in total. The van der Waals surface area contributed by atoms with Crippen molar-refractivity contribution in [3.8, 4) is 0 Å². The smallest absolute Gasteiger partial charge is 0.224 e. The lowest BCUT2D eigenvalue weighted by Gasteiger charge is -2.25. The Morgan fingerprint density at radius 2 is 1.57 bits per heavy atom. The molecule has 0 aliphatic carbocycles. The first-order chi connectivity index (χ1) is 10.2. The van der Waals surface area contributed by atoms with Crippen molar-refractivity contribution in [2.75, 3.05) is 0 Å². The average Bonchev–Trinajstić information content (AvgIpc) is 2.52. The highest BCUT2D eigenvalue weighted by Gasteiger charge is 2.15. The molecule has 2 heteroatoms. The summed E-state index contributed by atoms with van der Waals surface area (Å²) in [7, 11) is 0. The van der Waals surface area contributed by atoms with E-state index in [1.165, 1.54) is 0 Å². The second-order valence-electron chi connectivity index (χ2n) is 4.95. The van der Waals surface area contributed by atoms with Crippen LogP contribution in [0.4, 0.5) is 0 Å². The molecule has 0 saturated heterocycles. The zero-order valence-electron chi connectivity index (χ0n) is 12.6. The molecule has 0 saturated carbocycles. The highest BCUT2D eigenvalue weighted by atomic mass is 16.2. The number of hydrogen-bond donors (Lipinski definition) is 0. The second-order valence-corrected chi connectivity index (χ2v) is 4.95. The summed E-state index contributed by atoms with van der Waals surface area (Å²) in [5.41, 5.74) is 3.19. The number of carbonyl (C=O) groups excluding carboxylic acids is 1. The molecule has 0 atom stereocenters. The van der Waals surface area contributed by atoms with Crippen molar-refractivity contribution in [2.45, 2.75) is 26.8 Å². The van der Waals surface area contributed by atoms with Crippen LogP contribution in [0.15, 0.2) is 66.7 Å². The number of benzene rings is 2. The number of rotatable bonds is 5. The van der Waals surface area contributed by atoms with E-state index in [4.69, 9.17) is 0 Å². The van der Waals surface area contributed by atoms with E-state index in [0.29, 0.717) is 6.54 Å². The predicted molar refractivity (Wildman–Crippen MR) is 87.4 cm³/mol. The van der Waals surface area contributed by atoms with Crippen LogP contribution in [0, 0.1) is 0 Å². The molecule has 0 aromatic heterocycles. The zero-order chi connectivity index (χ0) is 15.1. The van der Waals surface area contributed by atoms with Gasteiger partial charge in [0.2, 0.25) is 5.91 Å². The topological polar surface area (TPSA) is 20.3 Å². The van der Waals surface area contributed by atoms with Gasteiger partial charge >= 0.3 is 0 Å². The highest BCUT2D eigenvalue weighted by molar-refractivity contribution is 5.85. The third-order valence-electron chi connectivity index (χ3n) is 3.32. The number of amides is 1. The maximum atomic E-state index is 12.1. The van der Waals surface area contributed by atoms with E-state index >= 15 is 0 Å². The summed E-state index contributed by atoms with van der Waals surface area (Å²) in [5.74, 6) is 0.0578. The molecule has 2 aromatic carbocycles. The molecule has 0 fully saturated rings. The van der Waals surface area contributed by atoms with E-state index in [1.54, 1.807) is 6.92 Å². The maximum absolute atomic E-state index is 12.1. The summed E-state index contributed by atoms with van der Waals surface area (Å²) in [4.78, 5) is 14.0. The van der Waals surface area contributed by atoms with E-state index in [1.807, 2.05) is 65.6 Å². The van der Waals surface area contributed by atoms with Gasteiger partial charge in [0.25, 0.3) is 0 Å². The van der Waals surface area contributed by atoms with E-state index in [-0.39, 0.29) is 5.91 Å². The molecule has 0 aliphatic heterocycles. The summed E-state index contributed by atoms with van der Waals surface area (Å²) in [6.07, 6.45) is 3.00. The van der Waals surface area contributed by atoms with Crippen molar-refractivity contribution >= 4 is 11.6 Å². The van der Waals surface area contributed by atoms with Crippen molar-refractivity contribution in [3.05, 3.63) is 77.9 Å². The molecular weight excluding hydrogens is 258 g/mol. The Bertz CT molecular complexity index is 602. The monoisotopic (exact) mass is 279 g/mol. The van der Waals surface area contributed by atoms with Crippen LogP contribution in [-0.4, -0.2) is 10.8 Å². The molecule has 0 radical (unpaired) electrons. The van der Waals surface area contributed by atoms with Gasteiger partial charge in [-0.15, -0.1) is 0 Å². The molecular formula is C19H21NO. The Kier molecular flexibility index (Phi) is 5.33. The molecule has 0 bridgehead atoms. The third kappa shape index (κ3) is 4.06. The molecule has 0 spiro atoms. The first kappa shape index (κ1) is 15.0. The summed E-state index contributed by atoms with van der Waals surface area (Å²) in [6, 6.07) is 20.2. The molecule has 1 amide bonds. The Morgan fingerprint density at radius 1 is 1.00 bits per heavy atom. The van der Waals surface area contributed by atoms with E-state index in [0.717, 1.165) is 23.2 Å². The summed E-state index contributed by atoms with van der Waals surface area (Å²) < 4.78 is 0. The van der Waals surface area contributed by atoms with Crippen LogP contribution >= 0.6 is 0 Å². The standard InChI is InChI=1S/C19H21NO/c1-3-10-19(18-13-8-5-9-14-18)20(16(2)21)15-17-11-6-4-7-12-17/h4-14H,3,15H2,1-2H3/b19-10+. The number of hydrogen-bond acceptors (Lipinski definition) is 1. The number of carbonyl (C=O) groups is 1. The fraction of sp³-hybridized carbons (Fsp3) is 0.211. The molecule has 2 nitrogen and oxygen atoms in total. The average molecular weight is 279 g/mol. The molecule has 0 aliphatic rings. The van der Waals surface area contributed by atoms with Gasteiger partial charge in [0.05, 0.1) is 6.54 Å². The molecule has 108 valence electrons. The zero-order valence-corrected chi connectivity index (χ0v) is 12.6. The fourth-order valence-electron chi connectivity index (χ4n) is 2.32. The van der Waals surface area contributed by atoms with E-state index < -0.39 is 0 Å². The minimum absolute atomic E-state index is 0.0578. The van der Waals surface area contributed by atoms with Crippen molar-refractivity contribution < 1.29 is 4.79 Å². The van der Waals surface area contributed by atoms with Crippen molar-refractivity contribution in [3.63, 3.8) is 0 Å². The van der Waals surface area contributed by atoms with Crippen molar-refractivity contribution in [1.82, 2.24) is 4.90 Å². The lowest BCUT2D eigenvalue weighted by atomic mass is 10.1. The number of nitrogens with zero attached hydrogens (tertiary/aromatic N) is 1. The normalized spacial score (nSPS) is 11.2. The second kappa shape index (κ2) is 7.44. The molecule has 0 heterocycles. The van der Waals surface area contributed by atoms with Crippen molar-refractivity contribution in [2.24, 2.45) is 0 Å². The van der Waals surface area contributed by atoms with Gasteiger partial charge < -0.3 is 4.90 Å². The van der Waals surface area contributed by atoms with Gasteiger partial charge in [-0.05, 0) is 17.5 Å². The highest BCUT2D eigenvalue weighted by Crippen LogP contribution is 2.22. The van der Waals surface area contributed by atoms with Crippen LogP contribution in [0.5, 0.6) is 0 Å². The molecule has 2 aromatic rings. The molecule has 21 heavy (non-hydrogen) atoms. The number of allylic oxidation sites excluding steroid dienone is 1. The van der Waals surface area contributed by atoms with Gasteiger partial charge in [0.15, 0.2) is 0 Å². The van der Waals surface area contributed by atoms with Gasteiger partial charge in [-0.2, -0.15) is 0 Å². The van der Waals surface area contributed by atoms with Crippen LogP contribution in [0.2, 0.25) is 0 Å². The predicted octanol–water partition coefficient (Wildman–Crippen LogP) is 4.49. The lowest BCUT2D eigenvalue weighted by molar-refractivity contribution is -0.126. The van der Waals surface area contributed by atoms with Gasteiger partial charge in [-0.25, -0.2) is 0 Å². The fourth-order valence-corrected chi connectivity index (χ4v) is 2.32. The van der Waals surface area contributed by atoms with Gasteiger partial charge in [-0.3, -0.25) is 4.79 Å². The Hall–Kier alpha value is -2.35. The molecule has 2 rings (SSSR count). The minimum Gasteiger partial charge on any atom is -0.308 e. The van der Waals surface area contributed by atoms with Crippen LogP contribution in [0.3, 0.4) is 0 Å². The largest absolute Gasteiger partial charge is 0.308 e. The van der Waals surface area contributed by atoms with Crippen LogP contribution in [-0.2, 0) is 11.3 Å².